The molecule has 4 nitrogen and oxygen atoms in total. The number of hydrogen-bond donors (Lipinski definition) is 1. The van der Waals surface area contributed by atoms with Crippen molar-refractivity contribution in [1.82, 2.24) is 10.2 Å². The molecule has 0 aromatic rings. The molecule has 114 valence electrons. The van der Waals surface area contributed by atoms with Crippen LogP contribution in [0.5, 0.6) is 0 Å². The van der Waals surface area contributed by atoms with E-state index in [1.165, 1.54) is 19.3 Å². The standard InChI is InChI=1S/C16H28N2O2/c1-2-9-18-10-6-15(7-11-18)17-8-4-12-19-14-16-5-3-13-20-16/h1,15-17H,3-14H2. The number of likely N-dealkylation sites (tertiary alicyclic amines) is 1. The monoisotopic (exact) mass is 280 g/mol. The normalized spacial score (nSPS) is 24.9. The van der Waals surface area contributed by atoms with Gasteiger partial charge in [0.15, 0.2) is 0 Å². The minimum atomic E-state index is 0.350. The predicted octanol–water partition coefficient (Wildman–Crippen LogP) is 1.26. The lowest BCUT2D eigenvalue weighted by Crippen LogP contribution is -2.42. The number of piperidine rings is 1. The van der Waals surface area contributed by atoms with Crippen LogP contribution in [0.15, 0.2) is 0 Å². The average Bonchev–Trinajstić information content (AvgIpc) is 2.98. The molecule has 20 heavy (non-hydrogen) atoms. The molecule has 2 heterocycles. The Morgan fingerprint density at radius 3 is 2.85 bits per heavy atom. The number of ether oxygens (including phenoxy) is 2. The maximum Gasteiger partial charge on any atom is 0.0809 e. The van der Waals surface area contributed by atoms with Crippen molar-refractivity contribution in [1.29, 1.82) is 0 Å². The maximum absolute atomic E-state index is 5.66. The Morgan fingerprint density at radius 2 is 2.15 bits per heavy atom. The Kier molecular flexibility index (Phi) is 7.38. The van der Waals surface area contributed by atoms with Crippen molar-refractivity contribution in [2.75, 3.05) is 46.0 Å². The first-order valence-electron chi connectivity index (χ1n) is 7.97. The highest BCUT2D eigenvalue weighted by Gasteiger charge is 2.17. The SMILES string of the molecule is C#CCN1CCC(NCCCOCC2CCCO2)CC1. The Bertz CT molecular complexity index is 289. The zero-order valence-electron chi connectivity index (χ0n) is 12.5. The fraction of sp³-hybridized carbons (Fsp3) is 0.875. The molecule has 0 aliphatic carbocycles. The van der Waals surface area contributed by atoms with Gasteiger partial charge < -0.3 is 14.8 Å². The molecule has 2 rings (SSSR count). The number of hydrogen-bond acceptors (Lipinski definition) is 4. The molecule has 2 aliphatic heterocycles. The van der Waals surface area contributed by atoms with Crippen molar-refractivity contribution in [2.24, 2.45) is 0 Å². The van der Waals surface area contributed by atoms with E-state index in [1.807, 2.05) is 0 Å². The van der Waals surface area contributed by atoms with Crippen molar-refractivity contribution >= 4 is 0 Å². The van der Waals surface area contributed by atoms with E-state index in [9.17, 15) is 0 Å². The molecule has 0 amide bonds. The molecule has 0 radical (unpaired) electrons. The lowest BCUT2D eigenvalue weighted by Gasteiger charge is -2.31. The highest BCUT2D eigenvalue weighted by molar-refractivity contribution is 4.90. The molecule has 0 aromatic heterocycles. The van der Waals surface area contributed by atoms with E-state index in [0.29, 0.717) is 12.1 Å². The molecule has 4 heteroatoms. The molecule has 0 spiro atoms. The summed E-state index contributed by atoms with van der Waals surface area (Å²) < 4.78 is 11.2. The van der Waals surface area contributed by atoms with Crippen LogP contribution in [0.3, 0.4) is 0 Å². The smallest absolute Gasteiger partial charge is 0.0809 e. The second-order valence-corrected chi connectivity index (χ2v) is 5.77. The summed E-state index contributed by atoms with van der Waals surface area (Å²) in [5, 5.41) is 3.62. The van der Waals surface area contributed by atoms with Crippen LogP contribution in [-0.2, 0) is 9.47 Å². The maximum atomic E-state index is 5.66. The number of nitrogens with zero attached hydrogens (tertiary/aromatic N) is 1. The minimum Gasteiger partial charge on any atom is -0.379 e. The summed E-state index contributed by atoms with van der Waals surface area (Å²) in [6.45, 7) is 6.60. The molecule has 2 aliphatic rings. The Morgan fingerprint density at radius 1 is 1.30 bits per heavy atom. The van der Waals surface area contributed by atoms with Crippen LogP contribution in [0, 0.1) is 12.3 Å². The fourth-order valence-electron chi connectivity index (χ4n) is 2.90. The van der Waals surface area contributed by atoms with Crippen LogP contribution in [0.4, 0.5) is 0 Å². The first kappa shape index (κ1) is 15.8. The lowest BCUT2D eigenvalue weighted by molar-refractivity contribution is 0.0164. The average molecular weight is 280 g/mol. The fourth-order valence-corrected chi connectivity index (χ4v) is 2.90. The quantitative estimate of drug-likeness (QED) is 0.536. The van der Waals surface area contributed by atoms with E-state index in [4.69, 9.17) is 15.9 Å². The lowest BCUT2D eigenvalue weighted by atomic mass is 10.1. The Balaban J connectivity index is 1.41. The molecule has 1 unspecified atom stereocenters. The summed E-state index contributed by atoms with van der Waals surface area (Å²) in [5.41, 5.74) is 0. The number of terminal acetylenes is 1. The van der Waals surface area contributed by atoms with Gasteiger partial charge in [-0.1, -0.05) is 5.92 Å². The summed E-state index contributed by atoms with van der Waals surface area (Å²) in [5.74, 6) is 2.72. The summed E-state index contributed by atoms with van der Waals surface area (Å²) in [4.78, 5) is 2.35. The van der Waals surface area contributed by atoms with Gasteiger partial charge in [0.25, 0.3) is 0 Å². The predicted molar refractivity (Wildman–Crippen MR) is 80.7 cm³/mol. The first-order valence-corrected chi connectivity index (χ1v) is 7.97. The zero-order valence-corrected chi connectivity index (χ0v) is 12.5. The van der Waals surface area contributed by atoms with Crippen LogP contribution in [0.1, 0.15) is 32.1 Å². The van der Waals surface area contributed by atoms with Crippen molar-refractivity contribution in [3.63, 3.8) is 0 Å². The summed E-state index contributed by atoms with van der Waals surface area (Å²) in [6.07, 6.45) is 11.5. The summed E-state index contributed by atoms with van der Waals surface area (Å²) >= 11 is 0. The van der Waals surface area contributed by atoms with Crippen LogP contribution >= 0.6 is 0 Å². The highest BCUT2D eigenvalue weighted by Crippen LogP contribution is 2.12. The third-order valence-corrected chi connectivity index (χ3v) is 4.13. The van der Waals surface area contributed by atoms with E-state index in [-0.39, 0.29) is 0 Å². The van der Waals surface area contributed by atoms with Gasteiger partial charge >= 0.3 is 0 Å². The molecule has 0 aromatic carbocycles. The minimum absolute atomic E-state index is 0.350. The van der Waals surface area contributed by atoms with Crippen molar-refractivity contribution < 1.29 is 9.47 Å². The molecule has 0 bridgehead atoms. The van der Waals surface area contributed by atoms with Gasteiger partial charge in [-0.3, -0.25) is 4.90 Å². The van der Waals surface area contributed by atoms with Gasteiger partial charge in [0.1, 0.15) is 0 Å². The van der Waals surface area contributed by atoms with Crippen LogP contribution in [-0.4, -0.2) is 63.0 Å². The third-order valence-electron chi connectivity index (χ3n) is 4.13. The second-order valence-electron chi connectivity index (χ2n) is 5.77. The highest BCUT2D eigenvalue weighted by atomic mass is 16.5. The largest absolute Gasteiger partial charge is 0.379 e. The van der Waals surface area contributed by atoms with Crippen molar-refractivity contribution in [3.8, 4) is 12.3 Å². The second kappa shape index (κ2) is 9.36. The van der Waals surface area contributed by atoms with Gasteiger partial charge in [0, 0.05) is 32.3 Å². The third kappa shape index (κ3) is 5.80. The van der Waals surface area contributed by atoms with Gasteiger partial charge in [0.2, 0.25) is 0 Å². The van der Waals surface area contributed by atoms with E-state index < -0.39 is 0 Å². The first-order chi connectivity index (χ1) is 9.88. The molecule has 1 N–H and O–H groups in total. The number of rotatable bonds is 8. The molecule has 2 saturated heterocycles. The Hall–Kier alpha value is -0.600. The zero-order chi connectivity index (χ0) is 14.0. The van der Waals surface area contributed by atoms with Crippen LogP contribution in [0.2, 0.25) is 0 Å². The number of nitrogens with one attached hydrogen (secondary N) is 1. The summed E-state index contributed by atoms with van der Waals surface area (Å²) in [7, 11) is 0. The van der Waals surface area contributed by atoms with Crippen molar-refractivity contribution in [2.45, 2.75) is 44.2 Å². The van der Waals surface area contributed by atoms with Crippen molar-refractivity contribution in [3.05, 3.63) is 0 Å². The van der Waals surface area contributed by atoms with Gasteiger partial charge in [-0.25, -0.2) is 0 Å². The van der Waals surface area contributed by atoms with E-state index in [2.05, 4.69) is 16.1 Å². The van der Waals surface area contributed by atoms with Gasteiger partial charge in [0.05, 0.1) is 19.3 Å². The van der Waals surface area contributed by atoms with Gasteiger partial charge in [-0.2, -0.15) is 0 Å². The van der Waals surface area contributed by atoms with E-state index >= 15 is 0 Å². The van der Waals surface area contributed by atoms with Gasteiger partial charge in [-0.15, -0.1) is 6.42 Å². The van der Waals surface area contributed by atoms with E-state index in [0.717, 1.165) is 58.8 Å². The van der Waals surface area contributed by atoms with Crippen LogP contribution < -0.4 is 5.32 Å². The van der Waals surface area contributed by atoms with Crippen LogP contribution in [0.25, 0.3) is 0 Å². The molecule has 2 fully saturated rings. The van der Waals surface area contributed by atoms with E-state index in [1.54, 1.807) is 0 Å². The molecular formula is C16H28N2O2. The van der Waals surface area contributed by atoms with Gasteiger partial charge in [-0.05, 0) is 38.6 Å². The molecule has 1 atom stereocenters. The Labute approximate surface area is 123 Å². The summed E-state index contributed by atoms with van der Waals surface area (Å²) in [6, 6.07) is 0.655. The topological polar surface area (TPSA) is 33.7 Å². The molecule has 0 saturated carbocycles. The molecular weight excluding hydrogens is 252 g/mol.